The van der Waals surface area contributed by atoms with Crippen molar-refractivity contribution in [3.63, 3.8) is 0 Å². The van der Waals surface area contributed by atoms with E-state index in [0.717, 1.165) is 18.7 Å². The van der Waals surface area contributed by atoms with Crippen molar-refractivity contribution < 1.29 is 18.3 Å². The molecule has 0 aromatic heterocycles. The predicted octanol–water partition coefficient (Wildman–Crippen LogP) is 4.94. The van der Waals surface area contributed by atoms with Crippen LogP contribution in [0.15, 0.2) is 59.6 Å². The van der Waals surface area contributed by atoms with Crippen molar-refractivity contribution in [2.45, 2.75) is 33.5 Å². The SMILES string of the molecule is CCNC(=NCc1ccc(N2CC=CC2)cc1)NCc1cccc(OCC)c1OC(F)F.I. The number of aliphatic imine (C=N–C) groups is 1. The summed E-state index contributed by atoms with van der Waals surface area (Å²) in [6.07, 6.45) is 4.32. The molecule has 9 heteroatoms. The van der Waals surface area contributed by atoms with Gasteiger partial charge in [0.15, 0.2) is 17.5 Å². The van der Waals surface area contributed by atoms with E-state index in [1.54, 1.807) is 25.1 Å². The van der Waals surface area contributed by atoms with E-state index in [1.165, 1.54) is 5.69 Å². The van der Waals surface area contributed by atoms with Gasteiger partial charge in [-0.3, -0.25) is 0 Å². The summed E-state index contributed by atoms with van der Waals surface area (Å²) in [5.41, 5.74) is 2.83. The predicted molar refractivity (Wildman–Crippen MR) is 139 cm³/mol. The quantitative estimate of drug-likeness (QED) is 0.183. The number of hydrogen-bond acceptors (Lipinski definition) is 4. The summed E-state index contributed by atoms with van der Waals surface area (Å²) in [6, 6.07) is 13.4. The van der Waals surface area contributed by atoms with Crippen LogP contribution in [0.1, 0.15) is 25.0 Å². The highest BCUT2D eigenvalue weighted by Gasteiger charge is 2.16. The fourth-order valence-electron chi connectivity index (χ4n) is 3.38. The van der Waals surface area contributed by atoms with Gasteiger partial charge in [0.05, 0.1) is 13.2 Å². The van der Waals surface area contributed by atoms with Gasteiger partial charge >= 0.3 is 6.61 Å². The maximum absolute atomic E-state index is 12.9. The molecule has 0 spiro atoms. The van der Waals surface area contributed by atoms with Crippen molar-refractivity contribution in [3.05, 3.63) is 65.7 Å². The van der Waals surface area contributed by atoms with Gasteiger partial charge in [0, 0.05) is 37.4 Å². The van der Waals surface area contributed by atoms with Crippen molar-refractivity contribution in [1.29, 1.82) is 0 Å². The van der Waals surface area contributed by atoms with Crippen LogP contribution in [0.25, 0.3) is 0 Å². The lowest BCUT2D eigenvalue weighted by Gasteiger charge is -2.18. The number of halogens is 3. The molecule has 0 fully saturated rings. The topological polar surface area (TPSA) is 58.1 Å². The Morgan fingerprint density at radius 2 is 1.79 bits per heavy atom. The Morgan fingerprint density at radius 3 is 2.42 bits per heavy atom. The molecule has 0 amide bonds. The molecule has 1 aliphatic heterocycles. The average Bonchev–Trinajstić information content (AvgIpc) is 3.32. The van der Waals surface area contributed by atoms with Crippen LogP contribution in [-0.4, -0.2) is 38.8 Å². The van der Waals surface area contributed by atoms with Crippen molar-refractivity contribution in [1.82, 2.24) is 10.6 Å². The smallest absolute Gasteiger partial charge is 0.387 e. The summed E-state index contributed by atoms with van der Waals surface area (Å²) in [4.78, 5) is 6.91. The molecule has 0 unspecified atom stereocenters. The standard InChI is InChI=1S/C24H30F2N4O2.HI/c1-3-27-24(28-16-18-10-12-20(13-11-18)30-14-5-6-15-30)29-17-19-8-7-9-21(31-4-2)22(19)32-23(25)26;/h5-13,23H,3-4,14-17H2,1-2H3,(H2,27,28,29);1H. The van der Waals surface area contributed by atoms with E-state index in [0.29, 0.717) is 37.0 Å². The number of benzene rings is 2. The molecule has 0 bridgehead atoms. The number of para-hydroxylation sites is 1. The Hall–Kier alpha value is -2.56. The minimum absolute atomic E-state index is 0. The Balaban J connectivity index is 0.00000385. The number of nitrogens with zero attached hydrogens (tertiary/aromatic N) is 2. The fourth-order valence-corrected chi connectivity index (χ4v) is 3.38. The third-order valence-corrected chi connectivity index (χ3v) is 4.90. The van der Waals surface area contributed by atoms with Crippen LogP contribution in [0.2, 0.25) is 0 Å². The summed E-state index contributed by atoms with van der Waals surface area (Å²) < 4.78 is 36.1. The normalized spacial score (nSPS) is 13.1. The zero-order chi connectivity index (χ0) is 22.8. The zero-order valence-electron chi connectivity index (χ0n) is 18.9. The molecule has 1 heterocycles. The molecule has 2 aromatic carbocycles. The zero-order valence-corrected chi connectivity index (χ0v) is 21.2. The Labute approximate surface area is 211 Å². The van der Waals surface area contributed by atoms with Crippen molar-refractivity contribution in [3.8, 4) is 11.5 Å². The molecule has 2 aromatic rings. The minimum Gasteiger partial charge on any atom is -0.490 e. The van der Waals surface area contributed by atoms with Crippen LogP contribution in [0, 0.1) is 0 Å². The molecule has 6 nitrogen and oxygen atoms in total. The fraction of sp³-hybridized carbons (Fsp3) is 0.375. The second kappa shape index (κ2) is 13.9. The van der Waals surface area contributed by atoms with Gasteiger partial charge in [0.25, 0.3) is 0 Å². The average molecular weight is 572 g/mol. The van der Waals surface area contributed by atoms with Crippen LogP contribution in [-0.2, 0) is 13.1 Å². The molecular formula is C24H31F2IN4O2. The number of rotatable bonds is 10. The molecule has 1 aliphatic rings. The lowest BCUT2D eigenvalue weighted by Crippen LogP contribution is -2.36. The number of alkyl halides is 2. The van der Waals surface area contributed by atoms with Gasteiger partial charge in [-0.05, 0) is 37.6 Å². The number of nitrogens with one attached hydrogen (secondary N) is 2. The Kier molecular flexibility index (Phi) is 11.2. The van der Waals surface area contributed by atoms with Gasteiger partial charge in [-0.1, -0.05) is 36.4 Å². The molecule has 0 aliphatic carbocycles. The first-order chi connectivity index (χ1) is 15.6. The van der Waals surface area contributed by atoms with Gasteiger partial charge in [0.2, 0.25) is 0 Å². The second-order valence-corrected chi connectivity index (χ2v) is 7.15. The number of ether oxygens (including phenoxy) is 2. The van der Waals surface area contributed by atoms with Gasteiger partial charge in [-0.25, -0.2) is 4.99 Å². The molecule has 2 N–H and O–H groups in total. The molecule has 0 saturated heterocycles. The van der Waals surface area contributed by atoms with Crippen LogP contribution >= 0.6 is 24.0 Å². The summed E-state index contributed by atoms with van der Waals surface area (Å²) in [5, 5.41) is 6.37. The van der Waals surface area contributed by atoms with Crippen molar-refractivity contribution in [2.75, 3.05) is 31.1 Å². The maximum atomic E-state index is 12.9. The third kappa shape index (κ3) is 8.06. The molecule has 0 radical (unpaired) electrons. The second-order valence-electron chi connectivity index (χ2n) is 7.15. The van der Waals surface area contributed by atoms with E-state index < -0.39 is 6.61 Å². The third-order valence-electron chi connectivity index (χ3n) is 4.90. The van der Waals surface area contributed by atoms with Crippen molar-refractivity contribution >= 4 is 35.6 Å². The van der Waals surface area contributed by atoms with E-state index in [2.05, 4.69) is 56.9 Å². The molecule has 33 heavy (non-hydrogen) atoms. The summed E-state index contributed by atoms with van der Waals surface area (Å²) >= 11 is 0. The van der Waals surface area contributed by atoms with Crippen LogP contribution in [0.3, 0.4) is 0 Å². The lowest BCUT2D eigenvalue weighted by atomic mass is 10.2. The van der Waals surface area contributed by atoms with E-state index in [4.69, 9.17) is 9.47 Å². The highest BCUT2D eigenvalue weighted by Crippen LogP contribution is 2.32. The molecule has 0 saturated carbocycles. The van der Waals surface area contributed by atoms with Crippen molar-refractivity contribution in [2.24, 2.45) is 4.99 Å². The van der Waals surface area contributed by atoms with Gasteiger partial charge in [-0.15, -0.1) is 24.0 Å². The summed E-state index contributed by atoms with van der Waals surface area (Å²) in [6.45, 7) is 4.49. The van der Waals surface area contributed by atoms with E-state index in [1.807, 2.05) is 6.92 Å². The largest absolute Gasteiger partial charge is 0.490 e. The van der Waals surface area contributed by atoms with Crippen LogP contribution in [0.4, 0.5) is 14.5 Å². The first-order valence-corrected chi connectivity index (χ1v) is 10.8. The molecule has 180 valence electrons. The highest BCUT2D eigenvalue weighted by atomic mass is 127. The number of anilines is 1. The highest BCUT2D eigenvalue weighted by molar-refractivity contribution is 14.0. The van der Waals surface area contributed by atoms with E-state index in [-0.39, 0.29) is 36.3 Å². The van der Waals surface area contributed by atoms with Crippen LogP contribution < -0.4 is 25.0 Å². The van der Waals surface area contributed by atoms with E-state index in [9.17, 15) is 8.78 Å². The lowest BCUT2D eigenvalue weighted by molar-refractivity contribution is -0.0520. The maximum Gasteiger partial charge on any atom is 0.387 e. The molecule has 0 atom stereocenters. The molecule has 3 rings (SSSR count). The number of hydrogen-bond donors (Lipinski definition) is 2. The Bertz CT molecular complexity index is 915. The van der Waals surface area contributed by atoms with Gasteiger partial charge < -0.3 is 25.0 Å². The minimum atomic E-state index is -2.93. The number of guanidine groups is 1. The van der Waals surface area contributed by atoms with Crippen LogP contribution in [0.5, 0.6) is 11.5 Å². The first-order valence-electron chi connectivity index (χ1n) is 10.8. The van der Waals surface area contributed by atoms with Gasteiger partial charge in [-0.2, -0.15) is 8.78 Å². The van der Waals surface area contributed by atoms with E-state index >= 15 is 0 Å². The molecular weight excluding hydrogens is 541 g/mol. The Morgan fingerprint density at radius 1 is 1.06 bits per heavy atom. The summed E-state index contributed by atoms with van der Waals surface area (Å²) in [5.74, 6) is 0.923. The monoisotopic (exact) mass is 572 g/mol. The first kappa shape index (κ1) is 26.7. The summed E-state index contributed by atoms with van der Waals surface area (Å²) in [7, 11) is 0. The van der Waals surface area contributed by atoms with Gasteiger partial charge in [0.1, 0.15) is 0 Å².